The highest BCUT2D eigenvalue weighted by Crippen LogP contribution is 2.10. The van der Waals surface area contributed by atoms with Crippen molar-refractivity contribution in [2.24, 2.45) is 0 Å². The molecule has 0 amide bonds. The Kier molecular flexibility index (Phi) is 3.28. The summed E-state index contributed by atoms with van der Waals surface area (Å²) in [5, 5.41) is 8.35. The second kappa shape index (κ2) is 4.45. The van der Waals surface area contributed by atoms with Crippen LogP contribution in [-0.4, -0.2) is 17.7 Å². The third kappa shape index (κ3) is 2.62. The Morgan fingerprint density at radius 1 is 1.64 bits per heavy atom. The Bertz CT molecular complexity index is 379. The van der Waals surface area contributed by atoms with Crippen molar-refractivity contribution in [3.8, 4) is 5.75 Å². The Morgan fingerprint density at radius 2 is 2.36 bits per heavy atom. The van der Waals surface area contributed by atoms with E-state index < -0.39 is 5.97 Å². The van der Waals surface area contributed by atoms with E-state index in [9.17, 15) is 9.59 Å². The molecule has 5 nitrogen and oxygen atoms in total. The van der Waals surface area contributed by atoms with Crippen LogP contribution in [0.1, 0.15) is 12.2 Å². The van der Waals surface area contributed by atoms with Crippen LogP contribution in [0.4, 0.5) is 0 Å². The molecule has 5 heteroatoms. The van der Waals surface area contributed by atoms with Crippen LogP contribution in [0, 0.1) is 6.92 Å². The monoisotopic (exact) mass is 198 g/mol. The van der Waals surface area contributed by atoms with E-state index in [1.54, 1.807) is 6.92 Å². The highest BCUT2D eigenvalue weighted by Gasteiger charge is 2.06. The number of hydrogen-bond acceptors (Lipinski definition) is 4. The molecule has 0 saturated heterocycles. The Hall–Kier alpha value is -1.78. The van der Waals surface area contributed by atoms with Gasteiger partial charge in [0.05, 0.1) is 19.3 Å². The summed E-state index contributed by atoms with van der Waals surface area (Å²) in [6.07, 6.45) is 1.12. The van der Waals surface area contributed by atoms with E-state index in [1.807, 2.05) is 0 Å². The van der Waals surface area contributed by atoms with Gasteiger partial charge in [-0.15, -0.1) is 0 Å². The van der Waals surface area contributed by atoms with Gasteiger partial charge in [0.1, 0.15) is 5.76 Å². The largest absolute Gasteiger partial charge is 0.486 e. The average Bonchev–Trinajstić information content (AvgIpc) is 2.09. The molecule has 0 bridgehead atoms. The van der Waals surface area contributed by atoms with Gasteiger partial charge in [-0.2, -0.15) is 0 Å². The minimum absolute atomic E-state index is 0.0368. The van der Waals surface area contributed by atoms with Crippen LogP contribution in [0.3, 0.4) is 0 Å². The van der Waals surface area contributed by atoms with Gasteiger partial charge in [-0.3, -0.25) is 9.59 Å². The summed E-state index contributed by atoms with van der Waals surface area (Å²) in [6, 6.07) is 1.23. The summed E-state index contributed by atoms with van der Waals surface area (Å²) in [5.74, 6) is -0.542. The third-order valence-corrected chi connectivity index (χ3v) is 1.57. The number of aryl methyl sites for hydroxylation is 1. The van der Waals surface area contributed by atoms with Gasteiger partial charge in [0.25, 0.3) is 0 Å². The van der Waals surface area contributed by atoms with Crippen LogP contribution < -0.4 is 10.2 Å². The molecule has 14 heavy (non-hydrogen) atoms. The van der Waals surface area contributed by atoms with Gasteiger partial charge in [-0.1, -0.05) is 0 Å². The number of aliphatic carboxylic acids is 1. The van der Waals surface area contributed by atoms with Crippen LogP contribution >= 0.6 is 0 Å². The van der Waals surface area contributed by atoms with Crippen molar-refractivity contribution in [1.82, 2.24) is 0 Å². The molecule has 0 aliphatic heterocycles. The summed E-state index contributed by atoms with van der Waals surface area (Å²) in [7, 11) is 0. The van der Waals surface area contributed by atoms with Crippen LogP contribution in [0.5, 0.6) is 5.75 Å². The Balaban J connectivity index is 2.67. The fourth-order valence-electron chi connectivity index (χ4n) is 0.914. The zero-order chi connectivity index (χ0) is 10.6. The minimum Gasteiger partial charge on any atom is -0.486 e. The van der Waals surface area contributed by atoms with Crippen molar-refractivity contribution < 1.29 is 19.1 Å². The SMILES string of the molecule is Cc1occc(=O)c1OCCC(=O)O. The predicted octanol–water partition coefficient (Wildman–Crippen LogP) is 0.802. The smallest absolute Gasteiger partial charge is 0.306 e. The van der Waals surface area contributed by atoms with Gasteiger partial charge in [-0.05, 0) is 6.92 Å². The molecule has 0 fully saturated rings. The van der Waals surface area contributed by atoms with Gasteiger partial charge < -0.3 is 14.3 Å². The fourth-order valence-corrected chi connectivity index (χ4v) is 0.914. The molecule has 0 atom stereocenters. The second-order valence-corrected chi connectivity index (χ2v) is 2.66. The maximum Gasteiger partial charge on any atom is 0.306 e. The average molecular weight is 198 g/mol. The lowest BCUT2D eigenvalue weighted by molar-refractivity contribution is -0.137. The maximum absolute atomic E-state index is 11.2. The molecule has 1 rings (SSSR count). The van der Waals surface area contributed by atoms with Gasteiger partial charge >= 0.3 is 5.97 Å². The predicted molar refractivity (Wildman–Crippen MR) is 47.5 cm³/mol. The van der Waals surface area contributed by atoms with Gasteiger partial charge in [0.2, 0.25) is 11.2 Å². The highest BCUT2D eigenvalue weighted by molar-refractivity contribution is 5.66. The summed E-state index contributed by atoms with van der Waals surface area (Å²) >= 11 is 0. The first-order valence-corrected chi connectivity index (χ1v) is 4.04. The number of carbonyl (C=O) groups is 1. The molecular formula is C9H10O5. The first kappa shape index (κ1) is 10.3. The highest BCUT2D eigenvalue weighted by atomic mass is 16.5. The number of carboxylic acid groups (broad SMARTS) is 1. The molecule has 1 aromatic heterocycles. The summed E-state index contributed by atoms with van der Waals surface area (Å²) in [5.41, 5.74) is -0.306. The van der Waals surface area contributed by atoms with Gasteiger partial charge in [0, 0.05) is 6.07 Å². The normalized spacial score (nSPS) is 9.79. The lowest BCUT2D eigenvalue weighted by Crippen LogP contribution is -2.11. The molecule has 1 N–H and O–H groups in total. The van der Waals surface area contributed by atoms with Crippen LogP contribution in [0.2, 0.25) is 0 Å². The van der Waals surface area contributed by atoms with Crippen molar-refractivity contribution in [3.05, 3.63) is 28.3 Å². The fraction of sp³-hybridized carbons (Fsp3) is 0.333. The van der Waals surface area contributed by atoms with Crippen LogP contribution in [0.25, 0.3) is 0 Å². The zero-order valence-corrected chi connectivity index (χ0v) is 7.65. The lowest BCUT2D eigenvalue weighted by atomic mass is 10.3. The van der Waals surface area contributed by atoms with E-state index in [-0.39, 0.29) is 24.2 Å². The summed E-state index contributed by atoms with van der Waals surface area (Å²) in [4.78, 5) is 21.4. The first-order valence-electron chi connectivity index (χ1n) is 4.04. The van der Waals surface area contributed by atoms with Crippen molar-refractivity contribution in [3.63, 3.8) is 0 Å². The van der Waals surface area contributed by atoms with E-state index in [0.717, 1.165) is 0 Å². The topological polar surface area (TPSA) is 76.7 Å². The molecule has 0 saturated carbocycles. The van der Waals surface area contributed by atoms with Crippen LogP contribution in [0.15, 0.2) is 21.5 Å². The van der Waals surface area contributed by atoms with Crippen molar-refractivity contribution in [1.29, 1.82) is 0 Å². The molecule has 1 heterocycles. The number of rotatable bonds is 4. The van der Waals surface area contributed by atoms with Crippen molar-refractivity contribution in [2.45, 2.75) is 13.3 Å². The maximum atomic E-state index is 11.2. The summed E-state index contributed by atoms with van der Waals surface area (Å²) < 4.78 is 9.92. The molecule has 0 aliphatic carbocycles. The van der Waals surface area contributed by atoms with Crippen molar-refractivity contribution in [2.75, 3.05) is 6.61 Å². The lowest BCUT2D eigenvalue weighted by Gasteiger charge is -2.04. The van der Waals surface area contributed by atoms with Gasteiger partial charge in [0.15, 0.2) is 0 Å². The van der Waals surface area contributed by atoms with E-state index in [2.05, 4.69) is 0 Å². The van der Waals surface area contributed by atoms with Crippen molar-refractivity contribution >= 4 is 5.97 Å². The minimum atomic E-state index is -0.969. The molecule has 0 unspecified atom stereocenters. The number of carboxylic acids is 1. The summed E-state index contributed by atoms with van der Waals surface area (Å²) in [6.45, 7) is 1.54. The van der Waals surface area contributed by atoms with Crippen LogP contribution in [-0.2, 0) is 4.79 Å². The molecule has 0 aromatic carbocycles. The molecule has 0 aliphatic rings. The number of ether oxygens (including phenoxy) is 1. The first-order chi connectivity index (χ1) is 6.61. The quantitative estimate of drug-likeness (QED) is 0.774. The van der Waals surface area contributed by atoms with E-state index >= 15 is 0 Å². The van der Waals surface area contributed by atoms with E-state index in [1.165, 1.54) is 12.3 Å². The Morgan fingerprint density at radius 3 is 2.93 bits per heavy atom. The molecular weight excluding hydrogens is 188 g/mol. The molecule has 0 spiro atoms. The number of hydrogen-bond donors (Lipinski definition) is 1. The molecule has 1 aromatic rings. The molecule has 0 radical (unpaired) electrons. The van der Waals surface area contributed by atoms with E-state index in [4.69, 9.17) is 14.3 Å². The Labute approximate surface area is 79.9 Å². The standard InChI is InChI=1S/C9H10O5/c1-6-9(7(10)2-4-13-6)14-5-3-8(11)12/h2,4H,3,5H2,1H3,(H,11,12). The second-order valence-electron chi connectivity index (χ2n) is 2.66. The van der Waals surface area contributed by atoms with E-state index in [0.29, 0.717) is 5.76 Å². The zero-order valence-electron chi connectivity index (χ0n) is 7.65. The van der Waals surface area contributed by atoms with Gasteiger partial charge in [-0.25, -0.2) is 0 Å². The third-order valence-electron chi connectivity index (χ3n) is 1.57. The molecule has 76 valence electrons.